The van der Waals surface area contributed by atoms with E-state index in [9.17, 15) is 9.90 Å². The third-order valence-corrected chi connectivity index (χ3v) is 3.33. The number of methoxy groups -OCH3 is 2. The van der Waals surface area contributed by atoms with E-state index < -0.39 is 11.9 Å². The van der Waals surface area contributed by atoms with Crippen LogP contribution >= 0.6 is 12.4 Å². The number of nitrogens with one attached hydrogen (secondary N) is 1. The van der Waals surface area contributed by atoms with E-state index >= 15 is 0 Å². The molecule has 0 saturated carbocycles. The van der Waals surface area contributed by atoms with Gasteiger partial charge in [-0.3, -0.25) is 4.79 Å². The van der Waals surface area contributed by atoms with Gasteiger partial charge < -0.3 is 19.9 Å². The van der Waals surface area contributed by atoms with Crippen LogP contribution in [0.5, 0.6) is 11.5 Å². The van der Waals surface area contributed by atoms with Crippen molar-refractivity contribution in [3.05, 3.63) is 23.8 Å². The van der Waals surface area contributed by atoms with Crippen LogP contribution in [-0.4, -0.2) is 38.4 Å². The van der Waals surface area contributed by atoms with Crippen molar-refractivity contribution in [1.82, 2.24) is 5.32 Å². The van der Waals surface area contributed by atoms with Gasteiger partial charge in [0.1, 0.15) is 11.5 Å². The van der Waals surface area contributed by atoms with Crippen LogP contribution in [0.1, 0.15) is 11.5 Å². The molecule has 5 nitrogen and oxygen atoms in total. The highest BCUT2D eigenvalue weighted by molar-refractivity contribution is 5.85. The van der Waals surface area contributed by atoms with E-state index in [0.29, 0.717) is 24.6 Å². The van der Waals surface area contributed by atoms with Gasteiger partial charge in [0.15, 0.2) is 0 Å². The molecule has 0 unspecified atom stereocenters. The summed E-state index contributed by atoms with van der Waals surface area (Å²) in [5.41, 5.74) is 0.934. The van der Waals surface area contributed by atoms with Crippen LogP contribution in [0.2, 0.25) is 0 Å². The van der Waals surface area contributed by atoms with E-state index in [0.717, 1.165) is 5.56 Å². The van der Waals surface area contributed by atoms with Crippen LogP contribution in [0.15, 0.2) is 18.2 Å². The molecular formula is C13H18ClNO4. The average molecular weight is 288 g/mol. The first-order valence-corrected chi connectivity index (χ1v) is 5.82. The zero-order chi connectivity index (χ0) is 13.1. The Bertz CT molecular complexity index is 430. The van der Waals surface area contributed by atoms with Gasteiger partial charge in [0.2, 0.25) is 0 Å². The van der Waals surface area contributed by atoms with Crippen molar-refractivity contribution in [3.8, 4) is 11.5 Å². The number of aliphatic carboxylic acids is 1. The summed E-state index contributed by atoms with van der Waals surface area (Å²) >= 11 is 0. The molecule has 6 heteroatoms. The fraction of sp³-hybridized carbons (Fsp3) is 0.462. The summed E-state index contributed by atoms with van der Waals surface area (Å²) in [5.74, 6) is 0.140. The zero-order valence-corrected chi connectivity index (χ0v) is 11.7. The zero-order valence-electron chi connectivity index (χ0n) is 10.9. The molecule has 1 saturated heterocycles. The number of benzene rings is 1. The van der Waals surface area contributed by atoms with Gasteiger partial charge in [0.05, 0.1) is 20.1 Å². The number of hydrogen-bond donors (Lipinski definition) is 2. The Balaban J connectivity index is 0.00000180. The lowest BCUT2D eigenvalue weighted by molar-refractivity contribution is -0.141. The predicted octanol–water partition coefficient (Wildman–Crippen LogP) is 1.51. The fourth-order valence-corrected chi connectivity index (χ4v) is 2.33. The Hall–Kier alpha value is -1.46. The number of carbonyl (C=O) groups is 1. The molecule has 0 aliphatic carbocycles. The van der Waals surface area contributed by atoms with Crippen molar-refractivity contribution >= 4 is 18.4 Å². The molecule has 0 bridgehead atoms. The monoisotopic (exact) mass is 287 g/mol. The van der Waals surface area contributed by atoms with Crippen molar-refractivity contribution in [2.45, 2.75) is 5.92 Å². The minimum absolute atomic E-state index is 0. The summed E-state index contributed by atoms with van der Waals surface area (Å²) < 4.78 is 10.4. The maximum atomic E-state index is 11.2. The first kappa shape index (κ1) is 15.6. The molecule has 0 spiro atoms. The molecule has 2 atom stereocenters. The van der Waals surface area contributed by atoms with Crippen LogP contribution in [0.3, 0.4) is 0 Å². The Kier molecular flexibility index (Phi) is 5.44. The Morgan fingerprint density at radius 1 is 1.21 bits per heavy atom. The number of hydrogen-bond acceptors (Lipinski definition) is 4. The van der Waals surface area contributed by atoms with E-state index in [-0.39, 0.29) is 18.3 Å². The van der Waals surface area contributed by atoms with Crippen molar-refractivity contribution in [2.75, 3.05) is 27.3 Å². The minimum atomic E-state index is -0.771. The van der Waals surface area contributed by atoms with Gasteiger partial charge in [-0.25, -0.2) is 0 Å². The minimum Gasteiger partial charge on any atom is -0.497 e. The van der Waals surface area contributed by atoms with E-state index in [2.05, 4.69) is 5.32 Å². The second kappa shape index (κ2) is 6.63. The van der Waals surface area contributed by atoms with Crippen LogP contribution in [0.25, 0.3) is 0 Å². The van der Waals surface area contributed by atoms with Crippen molar-refractivity contribution in [2.24, 2.45) is 5.92 Å². The summed E-state index contributed by atoms with van der Waals surface area (Å²) in [6.07, 6.45) is 0. The van der Waals surface area contributed by atoms with Crippen molar-refractivity contribution in [3.63, 3.8) is 0 Å². The maximum absolute atomic E-state index is 11.2. The molecule has 0 amide bonds. The second-order valence-corrected chi connectivity index (χ2v) is 4.36. The van der Waals surface area contributed by atoms with Crippen molar-refractivity contribution < 1.29 is 19.4 Å². The third-order valence-electron chi connectivity index (χ3n) is 3.33. The standard InChI is InChI=1S/C13H17NO4.ClH/c1-17-9-3-8(4-10(5-9)18-2)11-6-14-7-12(11)13(15)16;/h3-5,11-12,14H,6-7H2,1-2H3,(H,15,16);1H/t11-,12+;/m0./s1. The van der Waals surface area contributed by atoms with Crippen LogP contribution in [0, 0.1) is 5.92 Å². The highest BCUT2D eigenvalue weighted by atomic mass is 35.5. The van der Waals surface area contributed by atoms with E-state index in [1.807, 2.05) is 12.1 Å². The lowest BCUT2D eigenvalue weighted by Gasteiger charge is -2.17. The van der Waals surface area contributed by atoms with Crippen LogP contribution < -0.4 is 14.8 Å². The smallest absolute Gasteiger partial charge is 0.308 e. The molecule has 0 radical (unpaired) electrons. The molecule has 1 aliphatic heterocycles. The summed E-state index contributed by atoms with van der Waals surface area (Å²) in [5, 5.41) is 12.3. The first-order chi connectivity index (χ1) is 8.65. The van der Waals surface area contributed by atoms with Gasteiger partial charge >= 0.3 is 5.97 Å². The topological polar surface area (TPSA) is 67.8 Å². The molecule has 1 aromatic rings. The van der Waals surface area contributed by atoms with Gasteiger partial charge in [-0.1, -0.05) is 0 Å². The highest BCUT2D eigenvalue weighted by Gasteiger charge is 2.34. The van der Waals surface area contributed by atoms with Gasteiger partial charge in [0, 0.05) is 25.1 Å². The molecule has 1 fully saturated rings. The predicted molar refractivity (Wildman–Crippen MR) is 73.5 cm³/mol. The molecular weight excluding hydrogens is 270 g/mol. The molecule has 2 rings (SSSR count). The number of carboxylic acid groups (broad SMARTS) is 1. The number of rotatable bonds is 4. The fourth-order valence-electron chi connectivity index (χ4n) is 2.33. The quantitative estimate of drug-likeness (QED) is 0.879. The first-order valence-electron chi connectivity index (χ1n) is 5.82. The van der Waals surface area contributed by atoms with Crippen LogP contribution in [0.4, 0.5) is 0 Å². The lowest BCUT2D eigenvalue weighted by atomic mass is 9.89. The van der Waals surface area contributed by atoms with Gasteiger partial charge in [0.25, 0.3) is 0 Å². The lowest BCUT2D eigenvalue weighted by Crippen LogP contribution is -2.21. The molecule has 0 aromatic heterocycles. The molecule has 19 heavy (non-hydrogen) atoms. The van der Waals surface area contributed by atoms with Crippen LogP contribution in [-0.2, 0) is 4.79 Å². The Morgan fingerprint density at radius 3 is 2.26 bits per heavy atom. The third kappa shape index (κ3) is 3.30. The highest BCUT2D eigenvalue weighted by Crippen LogP contribution is 2.33. The van der Waals surface area contributed by atoms with E-state index in [1.165, 1.54) is 0 Å². The number of carboxylic acids is 1. The molecule has 1 heterocycles. The average Bonchev–Trinajstić information content (AvgIpc) is 2.87. The molecule has 2 N–H and O–H groups in total. The molecule has 106 valence electrons. The van der Waals surface area contributed by atoms with E-state index in [4.69, 9.17) is 9.47 Å². The summed E-state index contributed by atoms with van der Waals surface area (Å²) in [4.78, 5) is 11.2. The Morgan fingerprint density at radius 2 is 1.79 bits per heavy atom. The molecule has 1 aliphatic rings. The van der Waals surface area contributed by atoms with Gasteiger partial charge in [-0.2, -0.15) is 0 Å². The number of halogens is 1. The van der Waals surface area contributed by atoms with Gasteiger partial charge in [-0.15, -0.1) is 12.4 Å². The molecule has 1 aromatic carbocycles. The normalized spacial score (nSPS) is 21.6. The summed E-state index contributed by atoms with van der Waals surface area (Å²) in [7, 11) is 3.17. The SMILES string of the molecule is COc1cc(OC)cc([C@@H]2CNC[C@H]2C(=O)O)c1.Cl. The Labute approximate surface area is 118 Å². The van der Waals surface area contributed by atoms with E-state index in [1.54, 1.807) is 20.3 Å². The van der Waals surface area contributed by atoms with Crippen molar-refractivity contribution in [1.29, 1.82) is 0 Å². The summed E-state index contributed by atoms with van der Waals surface area (Å²) in [6.45, 7) is 1.16. The summed E-state index contributed by atoms with van der Waals surface area (Å²) in [6, 6.07) is 5.52. The largest absolute Gasteiger partial charge is 0.497 e. The second-order valence-electron chi connectivity index (χ2n) is 4.36. The van der Waals surface area contributed by atoms with Gasteiger partial charge in [-0.05, 0) is 17.7 Å². The maximum Gasteiger partial charge on any atom is 0.308 e. The number of ether oxygens (including phenoxy) is 2.